The molecule has 3 aromatic rings. The molecule has 0 radical (unpaired) electrons. The molecule has 1 aliphatic heterocycles. The normalized spacial score (nSPS) is 13.7. The van der Waals surface area contributed by atoms with Crippen LogP contribution in [0.25, 0.3) is 6.08 Å². The number of anilines is 1. The Balaban J connectivity index is 1.20. The molecule has 1 fully saturated rings. The van der Waals surface area contributed by atoms with E-state index >= 15 is 0 Å². The minimum Gasteiger partial charge on any atom is -0.494 e. The number of hydrogen-bond donors (Lipinski definition) is 2. The molecule has 3 aromatic carbocycles. The van der Waals surface area contributed by atoms with Crippen molar-refractivity contribution in [1.82, 2.24) is 10.2 Å². The molecule has 0 saturated carbocycles. The molecule has 0 spiro atoms. The summed E-state index contributed by atoms with van der Waals surface area (Å²) in [5.74, 6) is -1.16. The van der Waals surface area contributed by atoms with Crippen LogP contribution in [0.15, 0.2) is 71.6 Å². The van der Waals surface area contributed by atoms with E-state index in [9.17, 15) is 24.0 Å². The maximum atomic E-state index is 12.8. The first-order valence-electron chi connectivity index (χ1n) is 15.5. The van der Waals surface area contributed by atoms with Crippen LogP contribution in [0.1, 0.15) is 49.2 Å². The van der Waals surface area contributed by atoms with Crippen LogP contribution in [-0.4, -0.2) is 73.8 Å². The molecule has 0 aromatic heterocycles. The zero-order valence-electron chi connectivity index (χ0n) is 28.0. The third-order valence-corrected chi connectivity index (χ3v) is 8.05. The van der Waals surface area contributed by atoms with E-state index in [1.165, 1.54) is 25.3 Å². The highest BCUT2D eigenvalue weighted by Gasteiger charge is 2.34. The van der Waals surface area contributed by atoms with Gasteiger partial charge in [-0.25, -0.2) is 4.79 Å². The lowest BCUT2D eigenvalue weighted by Crippen LogP contribution is -2.38. The van der Waals surface area contributed by atoms with Gasteiger partial charge in [0.15, 0.2) is 24.7 Å². The smallest absolute Gasteiger partial charge is 0.338 e. The van der Waals surface area contributed by atoms with E-state index < -0.39 is 35.5 Å². The van der Waals surface area contributed by atoms with Crippen LogP contribution >= 0.6 is 11.8 Å². The molecule has 258 valence electrons. The topological polar surface area (TPSA) is 150 Å². The SMILES string of the molecule is CCOc1ccc(NC(=O)COc2ccc(C(=O)OCC(=O)NCCN3C(=O)SC(=Cc4ccc(C(C)(C)C)cc4)C3=O)cc2OC)cc1. The Hall–Kier alpha value is -5.30. The summed E-state index contributed by atoms with van der Waals surface area (Å²) in [5, 5.41) is 4.83. The van der Waals surface area contributed by atoms with Crippen molar-refractivity contribution < 1.29 is 42.9 Å². The second-order valence-corrected chi connectivity index (χ2v) is 12.8. The fourth-order valence-corrected chi connectivity index (χ4v) is 5.42. The molecule has 0 bridgehead atoms. The van der Waals surface area contributed by atoms with Gasteiger partial charge in [0.1, 0.15) is 5.75 Å². The molecule has 2 N–H and O–H groups in total. The van der Waals surface area contributed by atoms with Crippen LogP contribution in [0.5, 0.6) is 17.2 Å². The van der Waals surface area contributed by atoms with Crippen LogP contribution in [0.2, 0.25) is 0 Å². The maximum Gasteiger partial charge on any atom is 0.338 e. The number of carbonyl (C=O) groups excluding carboxylic acids is 5. The van der Waals surface area contributed by atoms with Gasteiger partial charge in [-0.15, -0.1) is 0 Å². The van der Waals surface area contributed by atoms with Gasteiger partial charge >= 0.3 is 5.97 Å². The van der Waals surface area contributed by atoms with Crippen molar-refractivity contribution in [3.63, 3.8) is 0 Å². The summed E-state index contributed by atoms with van der Waals surface area (Å²) >= 11 is 0.841. The highest BCUT2D eigenvalue weighted by atomic mass is 32.2. The number of nitrogens with one attached hydrogen (secondary N) is 2. The zero-order valence-corrected chi connectivity index (χ0v) is 28.8. The van der Waals surface area contributed by atoms with Gasteiger partial charge in [-0.1, -0.05) is 45.0 Å². The highest BCUT2D eigenvalue weighted by Crippen LogP contribution is 2.32. The summed E-state index contributed by atoms with van der Waals surface area (Å²) in [6.07, 6.45) is 1.67. The molecule has 0 unspecified atom stereocenters. The number of rotatable bonds is 14. The largest absolute Gasteiger partial charge is 0.494 e. The molecule has 12 nitrogen and oxygen atoms in total. The van der Waals surface area contributed by atoms with Crippen LogP contribution in [-0.2, 0) is 24.5 Å². The van der Waals surface area contributed by atoms with Crippen LogP contribution < -0.4 is 24.8 Å². The van der Waals surface area contributed by atoms with E-state index in [0.29, 0.717) is 22.9 Å². The van der Waals surface area contributed by atoms with Gasteiger partial charge in [-0.3, -0.25) is 24.1 Å². The highest BCUT2D eigenvalue weighted by molar-refractivity contribution is 8.18. The first kappa shape index (κ1) is 36.5. The quantitative estimate of drug-likeness (QED) is 0.166. The Kier molecular flexibility index (Phi) is 12.4. The molecule has 1 aliphatic rings. The molecule has 1 saturated heterocycles. The Bertz CT molecular complexity index is 1710. The van der Waals surface area contributed by atoms with E-state index in [-0.39, 0.29) is 42.2 Å². The van der Waals surface area contributed by atoms with Crippen molar-refractivity contribution in [2.24, 2.45) is 0 Å². The maximum absolute atomic E-state index is 12.8. The minimum absolute atomic E-state index is 0.00489. The number of amides is 4. The summed E-state index contributed by atoms with van der Waals surface area (Å²) in [5.41, 5.74) is 2.62. The fraction of sp³-hybridized carbons (Fsp3) is 0.306. The second kappa shape index (κ2) is 16.7. The summed E-state index contributed by atoms with van der Waals surface area (Å²) in [6.45, 7) is 7.79. The number of thioether (sulfide) groups is 1. The fourth-order valence-electron chi connectivity index (χ4n) is 4.55. The number of carbonyl (C=O) groups is 5. The van der Waals surface area contributed by atoms with Crippen molar-refractivity contribution >= 4 is 52.5 Å². The van der Waals surface area contributed by atoms with E-state index in [2.05, 4.69) is 31.4 Å². The van der Waals surface area contributed by atoms with Crippen molar-refractivity contribution in [2.75, 3.05) is 45.3 Å². The van der Waals surface area contributed by atoms with Crippen molar-refractivity contribution in [2.45, 2.75) is 33.1 Å². The van der Waals surface area contributed by atoms with Gasteiger partial charge in [-0.05, 0) is 83.8 Å². The van der Waals surface area contributed by atoms with Gasteiger partial charge in [0, 0.05) is 18.8 Å². The molecule has 0 aliphatic carbocycles. The zero-order chi connectivity index (χ0) is 35.6. The Morgan fingerprint density at radius 2 is 1.59 bits per heavy atom. The van der Waals surface area contributed by atoms with E-state index in [4.69, 9.17) is 18.9 Å². The standard InChI is InChI=1S/C36H39N3O9S/c1-6-46-27-14-12-26(13-15-27)38-32(41)22-47-28-16-9-24(20-29(28)45-5)34(43)48-21-31(40)37-17-18-39-33(42)30(49-35(39)44)19-23-7-10-25(11-8-23)36(2,3)4/h7-16,19-20H,6,17-18,21-22H2,1-5H3,(H,37,40)(H,38,41). The number of ether oxygens (including phenoxy) is 4. The average molecular weight is 690 g/mol. The first-order valence-corrected chi connectivity index (χ1v) is 16.3. The third kappa shape index (κ3) is 10.3. The average Bonchev–Trinajstić information content (AvgIpc) is 3.34. The van der Waals surface area contributed by atoms with E-state index in [1.54, 1.807) is 30.3 Å². The number of esters is 1. The monoisotopic (exact) mass is 689 g/mol. The summed E-state index contributed by atoms with van der Waals surface area (Å²) in [7, 11) is 1.38. The predicted octanol–water partition coefficient (Wildman–Crippen LogP) is 5.42. The summed E-state index contributed by atoms with van der Waals surface area (Å²) < 4.78 is 21.4. The molecule has 1 heterocycles. The van der Waals surface area contributed by atoms with Gasteiger partial charge in [0.2, 0.25) is 0 Å². The molecular weight excluding hydrogens is 650 g/mol. The van der Waals surface area contributed by atoms with E-state index in [1.807, 2.05) is 31.2 Å². The molecule has 49 heavy (non-hydrogen) atoms. The van der Waals surface area contributed by atoms with Crippen molar-refractivity contribution in [1.29, 1.82) is 0 Å². The minimum atomic E-state index is -0.792. The first-order chi connectivity index (χ1) is 23.4. The Labute approximate surface area is 289 Å². The van der Waals surface area contributed by atoms with Gasteiger partial charge < -0.3 is 29.6 Å². The number of benzene rings is 3. The number of methoxy groups -OCH3 is 1. The van der Waals surface area contributed by atoms with Crippen LogP contribution in [0, 0.1) is 0 Å². The van der Waals surface area contributed by atoms with Crippen molar-refractivity contribution in [3.8, 4) is 17.2 Å². The van der Waals surface area contributed by atoms with Crippen LogP contribution in [0.3, 0.4) is 0 Å². The van der Waals surface area contributed by atoms with Crippen molar-refractivity contribution in [3.05, 3.63) is 88.3 Å². The lowest BCUT2D eigenvalue weighted by atomic mass is 9.87. The molecule has 4 rings (SSSR count). The van der Waals surface area contributed by atoms with Gasteiger partial charge in [-0.2, -0.15) is 0 Å². The number of imide groups is 1. The van der Waals surface area contributed by atoms with Gasteiger partial charge in [0.25, 0.3) is 23.0 Å². The Morgan fingerprint density at radius 3 is 2.24 bits per heavy atom. The van der Waals surface area contributed by atoms with E-state index in [0.717, 1.165) is 27.8 Å². The lowest BCUT2D eigenvalue weighted by Gasteiger charge is -2.18. The summed E-state index contributed by atoms with van der Waals surface area (Å²) in [6, 6.07) is 18.9. The third-order valence-electron chi connectivity index (χ3n) is 7.15. The predicted molar refractivity (Wildman–Crippen MR) is 186 cm³/mol. The molecular formula is C36H39N3O9S. The van der Waals surface area contributed by atoms with Crippen LogP contribution in [0.4, 0.5) is 10.5 Å². The summed E-state index contributed by atoms with van der Waals surface area (Å²) in [4.78, 5) is 64.0. The number of hydrogen-bond acceptors (Lipinski definition) is 10. The Morgan fingerprint density at radius 1 is 0.878 bits per heavy atom. The second-order valence-electron chi connectivity index (χ2n) is 11.8. The lowest BCUT2D eigenvalue weighted by molar-refractivity contribution is -0.125. The van der Waals surface area contributed by atoms with Gasteiger partial charge in [0.05, 0.1) is 24.2 Å². The molecule has 13 heteroatoms. The number of nitrogens with zero attached hydrogens (tertiary/aromatic N) is 1. The molecule has 4 amide bonds. The molecule has 0 atom stereocenters.